The van der Waals surface area contributed by atoms with Crippen molar-refractivity contribution in [2.75, 3.05) is 14.2 Å². The number of methoxy groups -OCH3 is 2. The molecule has 26 heavy (non-hydrogen) atoms. The summed E-state index contributed by atoms with van der Waals surface area (Å²) < 4.78 is 17.0. The van der Waals surface area contributed by atoms with E-state index in [4.69, 9.17) is 14.2 Å². The fourth-order valence-corrected chi connectivity index (χ4v) is 3.96. The molecule has 1 aliphatic carbocycles. The van der Waals surface area contributed by atoms with Crippen LogP contribution < -0.4 is 4.74 Å². The minimum atomic E-state index is -0.625. The van der Waals surface area contributed by atoms with Gasteiger partial charge >= 0.3 is 0 Å². The topological polar surface area (TPSA) is 47.9 Å². The molecule has 1 N–H and O–H groups in total. The molecular formula is C22H34O4. The van der Waals surface area contributed by atoms with Gasteiger partial charge in [-0.2, -0.15) is 0 Å². The Balaban J connectivity index is 2.07. The van der Waals surface area contributed by atoms with Gasteiger partial charge in [0.05, 0.1) is 25.9 Å². The number of rotatable bonds is 10. The maximum Gasteiger partial charge on any atom is 0.118 e. The normalized spacial score (nSPS) is 20.2. The van der Waals surface area contributed by atoms with E-state index in [1.165, 1.54) is 19.3 Å². The highest BCUT2D eigenvalue weighted by Gasteiger charge is 2.35. The molecule has 0 unspecified atom stereocenters. The molecule has 1 saturated carbocycles. The highest BCUT2D eigenvalue weighted by Crippen LogP contribution is 2.34. The van der Waals surface area contributed by atoms with Crippen molar-refractivity contribution in [2.24, 2.45) is 11.8 Å². The molecule has 1 aromatic carbocycles. The molecule has 0 amide bonds. The fraction of sp³-hybridized carbons (Fsp3) is 0.636. The zero-order valence-electron chi connectivity index (χ0n) is 16.4. The summed E-state index contributed by atoms with van der Waals surface area (Å²) in [5, 5.41) is 10.8. The van der Waals surface area contributed by atoms with Gasteiger partial charge in [-0.15, -0.1) is 6.58 Å². The summed E-state index contributed by atoms with van der Waals surface area (Å²) in [5.41, 5.74) is 1.11. The number of benzene rings is 1. The molecule has 2 rings (SSSR count). The predicted octanol–water partition coefficient (Wildman–Crippen LogP) is 4.36. The van der Waals surface area contributed by atoms with Crippen molar-refractivity contribution in [1.82, 2.24) is 0 Å². The van der Waals surface area contributed by atoms with Crippen LogP contribution in [0.4, 0.5) is 0 Å². The van der Waals surface area contributed by atoms with Crippen molar-refractivity contribution in [3.63, 3.8) is 0 Å². The smallest absolute Gasteiger partial charge is 0.118 e. The van der Waals surface area contributed by atoms with E-state index >= 15 is 0 Å². The van der Waals surface area contributed by atoms with Crippen LogP contribution in [0.15, 0.2) is 36.9 Å². The number of aliphatic hydroxyl groups excluding tert-OH is 1. The molecule has 0 radical (unpaired) electrons. The third-order valence-electron chi connectivity index (χ3n) is 5.61. The molecule has 0 aliphatic heterocycles. The first-order valence-corrected chi connectivity index (χ1v) is 9.68. The van der Waals surface area contributed by atoms with Crippen LogP contribution in [0.1, 0.15) is 44.6 Å². The summed E-state index contributed by atoms with van der Waals surface area (Å²) in [5.74, 6) is 1.29. The highest BCUT2D eigenvalue weighted by atomic mass is 16.5. The molecule has 0 aromatic heterocycles. The Hall–Kier alpha value is -1.36. The van der Waals surface area contributed by atoms with Gasteiger partial charge < -0.3 is 19.3 Å². The van der Waals surface area contributed by atoms with Crippen LogP contribution in [0.3, 0.4) is 0 Å². The number of hydrogen-bond donors (Lipinski definition) is 1. The molecule has 0 bridgehead atoms. The van der Waals surface area contributed by atoms with Gasteiger partial charge in [0.2, 0.25) is 0 Å². The molecule has 1 aromatic rings. The second kappa shape index (κ2) is 10.7. The lowest BCUT2D eigenvalue weighted by atomic mass is 9.78. The van der Waals surface area contributed by atoms with E-state index < -0.39 is 6.10 Å². The van der Waals surface area contributed by atoms with Crippen molar-refractivity contribution < 1.29 is 19.3 Å². The second-order valence-corrected chi connectivity index (χ2v) is 7.31. The standard InChI is InChI=1S/C22H34O4/c1-5-20(25-4)21(23)16(2)22(18-9-7-6-8-10-18)26-15-17-11-13-19(24-3)14-12-17/h5,11-14,16,18,20-23H,1,6-10,15H2,2-4H3/t16-,20+,21-,22+/m1/s1. The van der Waals surface area contributed by atoms with Crippen LogP contribution in [0.25, 0.3) is 0 Å². The quantitative estimate of drug-likeness (QED) is 0.628. The van der Waals surface area contributed by atoms with Crippen molar-refractivity contribution in [1.29, 1.82) is 0 Å². The Morgan fingerprint density at radius 3 is 2.35 bits per heavy atom. The van der Waals surface area contributed by atoms with E-state index in [9.17, 15) is 5.11 Å². The van der Waals surface area contributed by atoms with Gasteiger partial charge in [0, 0.05) is 13.0 Å². The van der Waals surface area contributed by atoms with E-state index in [1.54, 1.807) is 20.3 Å². The average Bonchev–Trinajstić information content (AvgIpc) is 2.70. The van der Waals surface area contributed by atoms with Crippen LogP contribution in [0, 0.1) is 11.8 Å². The first-order valence-electron chi connectivity index (χ1n) is 9.68. The van der Waals surface area contributed by atoms with Crippen molar-refractivity contribution in [3.05, 3.63) is 42.5 Å². The number of hydrogen-bond acceptors (Lipinski definition) is 4. The molecule has 4 atom stereocenters. The average molecular weight is 363 g/mol. The van der Waals surface area contributed by atoms with Gasteiger partial charge in [-0.25, -0.2) is 0 Å². The monoisotopic (exact) mass is 362 g/mol. The predicted molar refractivity (Wildman–Crippen MR) is 104 cm³/mol. The van der Waals surface area contributed by atoms with E-state index in [0.717, 1.165) is 24.2 Å². The summed E-state index contributed by atoms with van der Waals surface area (Å²) in [6.07, 6.45) is 6.78. The first-order chi connectivity index (χ1) is 12.6. The molecule has 1 aliphatic rings. The number of ether oxygens (including phenoxy) is 3. The maximum absolute atomic E-state index is 10.8. The van der Waals surface area contributed by atoms with E-state index in [2.05, 4.69) is 13.5 Å². The lowest BCUT2D eigenvalue weighted by Crippen LogP contribution is -2.43. The van der Waals surface area contributed by atoms with Crippen molar-refractivity contribution in [2.45, 2.75) is 63.9 Å². The third kappa shape index (κ3) is 5.57. The van der Waals surface area contributed by atoms with Crippen LogP contribution in [-0.2, 0) is 16.1 Å². The minimum absolute atomic E-state index is 0.00463. The van der Waals surface area contributed by atoms with Crippen LogP contribution in [0.2, 0.25) is 0 Å². The molecule has 1 fully saturated rings. The molecular weight excluding hydrogens is 328 g/mol. The Bertz CT molecular complexity index is 521. The van der Waals surface area contributed by atoms with E-state index in [-0.39, 0.29) is 18.1 Å². The second-order valence-electron chi connectivity index (χ2n) is 7.31. The third-order valence-corrected chi connectivity index (χ3v) is 5.61. The van der Waals surface area contributed by atoms with Crippen molar-refractivity contribution >= 4 is 0 Å². The zero-order chi connectivity index (χ0) is 18.9. The molecule has 146 valence electrons. The largest absolute Gasteiger partial charge is 0.497 e. The minimum Gasteiger partial charge on any atom is -0.497 e. The van der Waals surface area contributed by atoms with Crippen LogP contribution >= 0.6 is 0 Å². The maximum atomic E-state index is 10.8. The SMILES string of the molecule is C=C[C@H](OC)[C@H](O)[C@@H](C)[C@H](OCc1ccc(OC)cc1)C1CCCCC1. The molecule has 0 saturated heterocycles. The Morgan fingerprint density at radius 1 is 1.15 bits per heavy atom. The first kappa shape index (κ1) is 20.9. The molecule has 4 heteroatoms. The Labute approximate surface area is 158 Å². The van der Waals surface area contributed by atoms with Gasteiger partial charge in [0.1, 0.15) is 11.9 Å². The van der Waals surface area contributed by atoms with E-state index in [0.29, 0.717) is 12.5 Å². The van der Waals surface area contributed by atoms with Gasteiger partial charge in [-0.05, 0) is 36.5 Å². The van der Waals surface area contributed by atoms with Crippen LogP contribution in [0.5, 0.6) is 5.75 Å². The lowest BCUT2D eigenvalue weighted by Gasteiger charge is -2.37. The van der Waals surface area contributed by atoms with Gasteiger partial charge in [0.25, 0.3) is 0 Å². The molecule has 0 spiro atoms. The summed E-state index contributed by atoms with van der Waals surface area (Å²) in [6, 6.07) is 7.95. The molecule has 0 heterocycles. The fourth-order valence-electron chi connectivity index (χ4n) is 3.96. The Morgan fingerprint density at radius 2 is 1.81 bits per heavy atom. The van der Waals surface area contributed by atoms with E-state index in [1.807, 2.05) is 24.3 Å². The van der Waals surface area contributed by atoms with Crippen molar-refractivity contribution in [3.8, 4) is 5.75 Å². The Kier molecular flexibility index (Phi) is 8.63. The number of aliphatic hydroxyl groups is 1. The summed E-state index contributed by atoms with van der Waals surface area (Å²) >= 11 is 0. The highest BCUT2D eigenvalue weighted by molar-refractivity contribution is 5.26. The van der Waals surface area contributed by atoms with Gasteiger partial charge in [0.15, 0.2) is 0 Å². The van der Waals surface area contributed by atoms with Gasteiger partial charge in [-0.3, -0.25) is 0 Å². The van der Waals surface area contributed by atoms with Crippen LogP contribution in [-0.4, -0.2) is 37.6 Å². The van der Waals surface area contributed by atoms with Gasteiger partial charge in [-0.1, -0.05) is 44.4 Å². The lowest BCUT2D eigenvalue weighted by molar-refractivity contribution is -0.101. The summed E-state index contributed by atoms with van der Waals surface area (Å²) in [7, 11) is 3.27. The summed E-state index contributed by atoms with van der Waals surface area (Å²) in [6.45, 7) is 6.38. The molecule has 4 nitrogen and oxygen atoms in total. The summed E-state index contributed by atoms with van der Waals surface area (Å²) in [4.78, 5) is 0. The zero-order valence-corrected chi connectivity index (χ0v) is 16.4.